The van der Waals surface area contributed by atoms with E-state index >= 15 is 0 Å². The van der Waals surface area contributed by atoms with Gasteiger partial charge in [0.1, 0.15) is 5.56 Å². The van der Waals surface area contributed by atoms with E-state index < -0.39 is 4.92 Å². The average molecular weight is 296 g/mol. The van der Waals surface area contributed by atoms with Gasteiger partial charge in [-0.3, -0.25) is 14.9 Å². The number of nitrogens with zero attached hydrogens (tertiary/aromatic N) is 1. The lowest BCUT2D eigenvalue weighted by Crippen LogP contribution is -1.98. The number of halogens is 1. The van der Waals surface area contributed by atoms with Gasteiger partial charge >= 0.3 is 5.97 Å². The maximum atomic E-state index is 10.9. The minimum atomic E-state index is -0.488. The molecule has 1 aromatic carbocycles. The molecule has 0 amide bonds. The quantitative estimate of drug-likeness (QED) is 0.275. The van der Waals surface area contributed by atoms with E-state index in [1.807, 2.05) is 0 Å². The Hall–Kier alpha value is -2.06. The van der Waals surface area contributed by atoms with Crippen molar-refractivity contribution in [3.63, 3.8) is 0 Å². The summed E-state index contributed by atoms with van der Waals surface area (Å²) >= 11 is 5.79. The molecule has 20 heavy (non-hydrogen) atoms. The summed E-state index contributed by atoms with van der Waals surface area (Å²) in [5.74, 6) is 5.35. The summed E-state index contributed by atoms with van der Waals surface area (Å²) in [5.41, 5.74) is 0.243. The molecule has 1 aromatic rings. The highest BCUT2D eigenvalue weighted by Gasteiger charge is 2.11. The smallest absolute Gasteiger partial charge is 0.305 e. The number of benzene rings is 1. The van der Waals surface area contributed by atoms with Crippen LogP contribution >= 0.6 is 11.6 Å². The van der Waals surface area contributed by atoms with Crippen molar-refractivity contribution in [3.05, 3.63) is 38.9 Å². The molecule has 0 atom stereocenters. The predicted molar refractivity (Wildman–Crippen MR) is 75.5 cm³/mol. The highest BCUT2D eigenvalue weighted by molar-refractivity contribution is 6.30. The zero-order chi connectivity index (χ0) is 15.0. The van der Waals surface area contributed by atoms with Crippen molar-refractivity contribution in [1.29, 1.82) is 0 Å². The number of carbonyl (C=O) groups excluding carboxylic acids is 1. The summed E-state index contributed by atoms with van der Waals surface area (Å²) < 4.78 is 4.52. The van der Waals surface area contributed by atoms with Crippen molar-refractivity contribution >= 4 is 23.3 Å². The van der Waals surface area contributed by atoms with Crippen molar-refractivity contribution in [3.8, 4) is 11.8 Å². The van der Waals surface area contributed by atoms with Crippen LogP contribution in [0, 0.1) is 22.0 Å². The predicted octanol–water partition coefficient (Wildman–Crippen LogP) is 3.33. The topological polar surface area (TPSA) is 69.4 Å². The Morgan fingerprint density at radius 2 is 2.20 bits per heavy atom. The number of methoxy groups -OCH3 is 1. The number of esters is 1. The van der Waals surface area contributed by atoms with Gasteiger partial charge in [0.05, 0.1) is 12.0 Å². The highest BCUT2D eigenvalue weighted by Crippen LogP contribution is 2.21. The Bertz CT molecular complexity index is 560. The Kier molecular flexibility index (Phi) is 6.54. The lowest BCUT2D eigenvalue weighted by Gasteiger charge is -1.97. The van der Waals surface area contributed by atoms with Crippen LogP contribution in [0.2, 0.25) is 5.02 Å². The molecule has 1 rings (SSSR count). The van der Waals surface area contributed by atoms with Crippen molar-refractivity contribution in [2.75, 3.05) is 7.11 Å². The molecule has 0 aliphatic carbocycles. The molecule has 0 radical (unpaired) electrons. The molecule has 0 saturated heterocycles. The number of nitro benzene ring substituents is 1. The van der Waals surface area contributed by atoms with Crippen molar-refractivity contribution < 1.29 is 14.5 Å². The van der Waals surface area contributed by atoms with E-state index in [4.69, 9.17) is 11.6 Å². The van der Waals surface area contributed by atoms with Crippen LogP contribution in [0.3, 0.4) is 0 Å². The normalized spacial score (nSPS) is 9.50. The van der Waals surface area contributed by atoms with Crippen LogP contribution in [-0.4, -0.2) is 18.0 Å². The fraction of sp³-hybridized carbons (Fsp3) is 0.357. The first-order valence-electron chi connectivity index (χ1n) is 6.04. The Balaban J connectivity index is 2.57. The second kappa shape index (κ2) is 8.18. The molecule has 5 nitrogen and oxygen atoms in total. The van der Waals surface area contributed by atoms with E-state index in [9.17, 15) is 14.9 Å². The molecule has 0 aliphatic heterocycles. The van der Waals surface area contributed by atoms with Crippen molar-refractivity contribution in [1.82, 2.24) is 0 Å². The third-order valence-corrected chi connectivity index (χ3v) is 2.77. The van der Waals surface area contributed by atoms with Crippen LogP contribution in [0.4, 0.5) is 5.69 Å². The van der Waals surface area contributed by atoms with Gasteiger partial charge in [0.25, 0.3) is 5.69 Å². The lowest BCUT2D eigenvalue weighted by atomic mass is 10.1. The third-order valence-electron chi connectivity index (χ3n) is 2.54. The van der Waals surface area contributed by atoms with Gasteiger partial charge in [0.2, 0.25) is 0 Å². The molecule has 0 N–H and O–H groups in total. The average Bonchev–Trinajstić information content (AvgIpc) is 2.42. The van der Waals surface area contributed by atoms with Crippen LogP contribution < -0.4 is 0 Å². The zero-order valence-corrected chi connectivity index (χ0v) is 11.8. The van der Waals surface area contributed by atoms with E-state index in [1.165, 1.54) is 25.3 Å². The number of carbonyl (C=O) groups is 1. The van der Waals surface area contributed by atoms with E-state index in [1.54, 1.807) is 0 Å². The maximum Gasteiger partial charge on any atom is 0.305 e. The van der Waals surface area contributed by atoms with E-state index in [2.05, 4.69) is 16.6 Å². The van der Waals surface area contributed by atoms with Gasteiger partial charge in [-0.1, -0.05) is 23.4 Å². The molecular weight excluding hydrogens is 282 g/mol. The fourth-order valence-electron chi connectivity index (χ4n) is 1.51. The summed E-state index contributed by atoms with van der Waals surface area (Å²) in [7, 11) is 1.35. The van der Waals surface area contributed by atoms with Gasteiger partial charge in [-0.15, -0.1) is 0 Å². The Labute approximate surface area is 122 Å². The van der Waals surface area contributed by atoms with Crippen LogP contribution in [0.5, 0.6) is 0 Å². The number of nitro groups is 1. The minimum Gasteiger partial charge on any atom is -0.469 e. The monoisotopic (exact) mass is 295 g/mol. The van der Waals surface area contributed by atoms with Gasteiger partial charge in [-0.25, -0.2) is 0 Å². The molecule has 0 saturated carbocycles. The summed E-state index contributed by atoms with van der Waals surface area (Å²) in [6.07, 6.45) is 2.33. The third kappa shape index (κ3) is 5.29. The second-order valence-electron chi connectivity index (χ2n) is 4.00. The number of rotatable bonds is 5. The number of hydrogen-bond acceptors (Lipinski definition) is 4. The second-order valence-corrected chi connectivity index (χ2v) is 4.44. The van der Waals surface area contributed by atoms with Gasteiger partial charge in [0.15, 0.2) is 0 Å². The van der Waals surface area contributed by atoms with Crippen LogP contribution in [-0.2, 0) is 9.53 Å². The standard InChI is InChI=1S/C14H14ClNO4/c1-20-14(17)7-5-3-2-4-6-11-10-12(15)8-9-13(11)16(18)19/h8-10H,2-3,5,7H2,1H3. The molecule has 0 bridgehead atoms. The Morgan fingerprint density at radius 1 is 1.45 bits per heavy atom. The molecule has 0 unspecified atom stereocenters. The lowest BCUT2D eigenvalue weighted by molar-refractivity contribution is -0.385. The fourth-order valence-corrected chi connectivity index (χ4v) is 1.68. The van der Waals surface area contributed by atoms with Crippen LogP contribution in [0.1, 0.15) is 31.2 Å². The Morgan fingerprint density at radius 3 is 2.85 bits per heavy atom. The number of hydrogen-bond donors (Lipinski definition) is 0. The summed E-state index contributed by atoms with van der Waals surface area (Å²) in [6, 6.07) is 4.27. The van der Waals surface area contributed by atoms with Gasteiger partial charge in [-0.2, -0.15) is 0 Å². The highest BCUT2D eigenvalue weighted by atomic mass is 35.5. The van der Waals surface area contributed by atoms with E-state index in [0.29, 0.717) is 29.8 Å². The first-order chi connectivity index (χ1) is 9.54. The van der Waals surface area contributed by atoms with Crippen LogP contribution in [0.25, 0.3) is 0 Å². The van der Waals surface area contributed by atoms with E-state index in [-0.39, 0.29) is 11.7 Å². The molecule has 106 valence electrons. The maximum absolute atomic E-state index is 10.9. The first kappa shape index (κ1) is 16.0. The number of ether oxygens (including phenoxy) is 1. The molecular formula is C14H14ClNO4. The number of unbranched alkanes of at least 4 members (excludes halogenated alkanes) is 2. The molecule has 6 heteroatoms. The van der Waals surface area contributed by atoms with Crippen molar-refractivity contribution in [2.45, 2.75) is 25.7 Å². The summed E-state index contributed by atoms with van der Waals surface area (Å²) in [4.78, 5) is 21.2. The summed E-state index contributed by atoms with van der Waals surface area (Å²) in [6.45, 7) is 0. The minimum absolute atomic E-state index is 0.0588. The zero-order valence-electron chi connectivity index (χ0n) is 11.0. The largest absolute Gasteiger partial charge is 0.469 e. The molecule has 0 fully saturated rings. The van der Waals surface area contributed by atoms with Crippen LogP contribution in [0.15, 0.2) is 18.2 Å². The van der Waals surface area contributed by atoms with Gasteiger partial charge < -0.3 is 4.74 Å². The molecule has 0 heterocycles. The first-order valence-corrected chi connectivity index (χ1v) is 6.42. The van der Waals surface area contributed by atoms with Gasteiger partial charge in [0, 0.05) is 23.9 Å². The molecule has 0 spiro atoms. The molecule has 0 aliphatic rings. The van der Waals surface area contributed by atoms with Crippen molar-refractivity contribution in [2.24, 2.45) is 0 Å². The van der Waals surface area contributed by atoms with Gasteiger partial charge in [-0.05, 0) is 25.0 Å². The van der Waals surface area contributed by atoms with E-state index in [0.717, 1.165) is 6.42 Å². The molecule has 0 aromatic heterocycles. The SMILES string of the molecule is COC(=O)CCCCC#Cc1cc(Cl)ccc1[N+](=O)[O-]. The summed E-state index contributed by atoms with van der Waals surface area (Å²) in [5, 5.41) is 11.2.